The van der Waals surface area contributed by atoms with Gasteiger partial charge < -0.3 is 9.47 Å². The van der Waals surface area contributed by atoms with Crippen LogP contribution in [0.3, 0.4) is 0 Å². The molecule has 1 heterocycles. The molecule has 1 atom stereocenters. The zero-order chi connectivity index (χ0) is 16.9. The Hall–Kier alpha value is -2.88. The van der Waals surface area contributed by atoms with Crippen LogP contribution in [0.4, 0.5) is 0 Å². The van der Waals surface area contributed by atoms with Crippen molar-refractivity contribution in [1.29, 1.82) is 0 Å². The van der Waals surface area contributed by atoms with Crippen molar-refractivity contribution in [2.24, 2.45) is 0 Å². The lowest BCUT2D eigenvalue weighted by Crippen LogP contribution is -2.25. The molecule has 1 aliphatic rings. The summed E-state index contributed by atoms with van der Waals surface area (Å²) in [5.41, 5.74) is 2.23. The van der Waals surface area contributed by atoms with Gasteiger partial charge in [-0.05, 0) is 18.1 Å². The van der Waals surface area contributed by atoms with E-state index in [4.69, 9.17) is 9.47 Å². The van der Waals surface area contributed by atoms with Gasteiger partial charge in [-0.25, -0.2) is 4.79 Å². The van der Waals surface area contributed by atoms with E-state index < -0.39 is 5.97 Å². The third kappa shape index (κ3) is 3.54. The summed E-state index contributed by atoms with van der Waals surface area (Å²) in [5, 5.41) is 0. The van der Waals surface area contributed by atoms with Gasteiger partial charge in [0.15, 0.2) is 0 Å². The van der Waals surface area contributed by atoms with Crippen LogP contribution in [-0.4, -0.2) is 11.9 Å². The Morgan fingerprint density at radius 2 is 1.71 bits per heavy atom. The average Bonchev–Trinajstić information content (AvgIpc) is 2.60. The van der Waals surface area contributed by atoms with Crippen LogP contribution in [0, 0.1) is 0 Å². The summed E-state index contributed by atoms with van der Waals surface area (Å²) in [4.78, 5) is 24.4. The van der Waals surface area contributed by atoms with Gasteiger partial charge in [0.1, 0.15) is 12.4 Å². The van der Waals surface area contributed by atoms with E-state index in [0.29, 0.717) is 11.3 Å². The van der Waals surface area contributed by atoms with Crippen molar-refractivity contribution in [1.82, 2.24) is 0 Å². The maximum Gasteiger partial charge on any atom is 0.338 e. The standard InChI is InChI=1S/C20H18O4/c1-14-19(20(22)23-13-15-8-4-2-5-9-15)17(12-18(21)24-14)16-10-6-3-7-11-16/h2-11,17H,12-13H2,1H3. The molecule has 2 aromatic carbocycles. The number of rotatable bonds is 4. The van der Waals surface area contributed by atoms with Crippen LogP contribution >= 0.6 is 0 Å². The fourth-order valence-corrected chi connectivity index (χ4v) is 2.84. The Morgan fingerprint density at radius 1 is 1.08 bits per heavy atom. The molecule has 0 spiro atoms. The molecule has 1 aliphatic heterocycles. The van der Waals surface area contributed by atoms with E-state index in [1.54, 1.807) is 6.92 Å². The molecule has 0 radical (unpaired) electrons. The molecular weight excluding hydrogens is 304 g/mol. The summed E-state index contributed by atoms with van der Waals surface area (Å²) in [6.45, 7) is 1.82. The third-order valence-electron chi connectivity index (χ3n) is 4.00. The minimum absolute atomic E-state index is 0.136. The molecule has 2 aromatic rings. The highest BCUT2D eigenvalue weighted by Crippen LogP contribution is 2.35. The molecule has 0 saturated heterocycles. The molecule has 3 rings (SSSR count). The van der Waals surface area contributed by atoms with Crippen LogP contribution in [0.25, 0.3) is 0 Å². The van der Waals surface area contributed by atoms with Crippen LogP contribution in [0.15, 0.2) is 72.0 Å². The maximum atomic E-state index is 12.6. The zero-order valence-corrected chi connectivity index (χ0v) is 13.4. The predicted octanol–water partition coefficient (Wildman–Crippen LogP) is 3.73. The van der Waals surface area contributed by atoms with E-state index in [1.807, 2.05) is 60.7 Å². The van der Waals surface area contributed by atoms with E-state index >= 15 is 0 Å². The topological polar surface area (TPSA) is 52.6 Å². The van der Waals surface area contributed by atoms with E-state index in [9.17, 15) is 9.59 Å². The van der Waals surface area contributed by atoms with Crippen molar-refractivity contribution in [3.05, 3.63) is 83.1 Å². The molecule has 1 unspecified atom stereocenters. The number of carbonyl (C=O) groups excluding carboxylic acids is 2. The fourth-order valence-electron chi connectivity index (χ4n) is 2.84. The molecule has 0 N–H and O–H groups in total. The fraction of sp³-hybridized carbons (Fsp3) is 0.200. The molecule has 4 nitrogen and oxygen atoms in total. The molecule has 0 saturated carbocycles. The van der Waals surface area contributed by atoms with Gasteiger partial charge in [0, 0.05) is 5.92 Å². The van der Waals surface area contributed by atoms with Crippen LogP contribution in [0.5, 0.6) is 0 Å². The Kier molecular flexibility index (Phi) is 4.75. The van der Waals surface area contributed by atoms with Crippen LogP contribution in [0.1, 0.15) is 30.4 Å². The highest BCUT2D eigenvalue weighted by atomic mass is 16.5. The first-order chi connectivity index (χ1) is 11.6. The molecule has 0 amide bonds. The average molecular weight is 322 g/mol. The van der Waals surface area contributed by atoms with E-state index in [0.717, 1.165) is 11.1 Å². The third-order valence-corrected chi connectivity index (χ3v) is 4.00. The van der Waals surface area contributed by atoms with Gasteiger partial charge in [-0.3, -0.25) is 4.79 Å². The first-order valence-corrected chi connectivity index (χ1v) is 7.82. The lowest BCUT2D eigenvalue weighted by Gasteiger charge is -2.25. The van der Waals surface area contributed by atoms with Crippen molar-refractivity contribution in [3.8, 4) is 0 Å². The highest BCUT2D eigenvalue weighted by molar-refractivity contribution is 5.93. The summed E-state index contributed by atoms with van der Waals surface area (Å²) >= 11 is 0. The molecule has 0 aliphatic carbocycles. The number of ether oxygens (including phenoxy) is 2. The minimum Gasteiger partial charge on any atom is -0.457 e. The van der Waals surface area contributed by atoms with Gasteiger partial charge in [-0.15, -0.1) is 0 Å². The molecule has 0 bridgehead atoms. The molecular formula is C20H18O4. The largest absolute Gasteiger partial charge is 0.457 e. The number of benzene rings is 2. The van der Waals surface area contributed by atoms with Crippen LogP contribution in [0.2, 0.25) is 0 Å². The molecule has 24 heavy (non-hydrogen) atoms. The summed E-state index contributed by atoms with van der Waals surface area (Å²) in [6.07, 6.45) is 0.136. The number of carbonyl (C=O) groups is 2. The monoisotopic (exact) mass is 322 g/mol. The van der Waals surface area contributed by atoms with E-state index in [-0.39, 0.29) is 24.9 Å². The van der Waals surface area contributed by atoms with Gasteiger partial charge in [-0.1, -0.05) is 60.7 Å². The molecule has 0 aromatic heterocycles. The maximum absolute atomic E-state index is 12.6. The van der Waals surface area contributed by atoms with Gasteiger partial charge >= 0.3 is 11.9 Å². The Labute approximate surface area is 140 Å². The van der Waals surface area contributed by atoms with Crippen LogP contribution < -0.4 is 0 Å². The van der Waals surface area contributed by atoms with Gasteiger partial charge in [-0.2, -0.15) is 0 Å². The van der Waals surface area contributed by atoms with Crippen molar-refractivity contribution in [2.45, 2.75) is 25.9 Å². The quantitative estimate of drug-likeness (QED) is 0.805. The summed E-state index contributed by atoms with van der Waals surface area (Å²) < 4.78 is 10.6. The second kappa shape index (κ2) is 7.13. The van der Waals surface area contributed by atoms with Crippen LogP contribution in [-0.2, 0) is 25.7 Å². The van der Waals surface area contributed by atoms with Crippen molar-refractivity contribution >= 4 is 11.9 Å². The number of cyclic esters (lactones) is 1. The lowest BCUT2D eigenvalue weighted by molar-refractivity contribution is -0.144. The Bertz CT molecular complexity index is 763. The number of allylic oxidation sites excluding steroid dienone is 1. The van der Waals surface area contributed by atoms with E-state index in [2.05, 4.69) is 0 Å². The lowest BCUT2D eigenvalue weighted by atomic mass is 9.86. The zero-order valence-electron chi connectivity index (χ0n) is 13.4. The summed E-state index contributed by atoms with van der Waals surface area (Å²) in [7, 11) is 0. The SMILES string of the molecule is CC1=C(C(=O)OCc2ccccc2)C(c2ccccc2)CC(=O)O1. The first-order valence-electron chi connectivity index (χ1n) is 7.82. The van der Waals surface area contributed by atoms with Crippen molar-refractivity contribution < 1.29 is 19.1 Å². The Balaban J connectivity index is 1.83. The number of esters is 2. The normalized spacial score (nSPS) is 17.4. The predicted molar refractivity (Wildman–Crippen MR) is 88.8 cm³/mol. The summed E-state index contributed by atoms with van der Waals surface area (Å²) in [6, 6.07) is 19.0. The molecule has 122 valence electrons. The van der Waals surface area contributed by atoms with Gasteiger partial charge in [0.25, 0.3) is 0 Å². The number of hydrogen-bond donors (Lipinski definition) is 0. The second-order valence-corrected chi connectivity index (χ2v) is 5.67. The second-order valence-electron chi connectivity index (χ2n) is 5.67. The van der Waals surface area contributed by atoms with E-state index in [1.165, 1.54) is 0 Å². The first kappa shape index (κ1) is 16.0. The van der Waals surface area contributed by atoms with Crippen molar-refractivity contribution in [3.63, 3.8) is 0 Å². The summed E-state index contributed by atoms with van der Waals surface area (Å²) in [5.74, 6) is -0.799. The Morgan fingerprint density at radius 3 is 2.38 bits per heavy atom. The minimum atomic E-state index is -0.447. The molecule has 4 heteroatoms. The van der Waals surface area contributed by atoms with Crippen molar-refractivity contribution in [2.75, 3.05) is 0 Å². The highest BCUT2D eigenvalue weighted by Gasteiger charge is 2.34. The molecule has 0 fully saturated rings. The number of hydrogen-bond acceptors (Lipinski definition) is 4. The van der Waals surface area contributed by atoms with Gasteiger partial charge in [0.05, 0.1) is 12.0 Å². The smallest absolute Gasteiger partial charge is 0.338 e. The van der Waals surface area contributed by atoms with Gasteiger partial charge in [0.2, 0.25) is 0 Å².